The van der Waals surface area contributed by atoms with Gasteiger partial charge in [-0.2, -0.15) is 0 Å². The van der Waals surface area contributed by atoms with E-state index in [-0.39, 0.29) is 0 Å². The molecule has 0 aliphatic carbocycles. The average Bonchev–Trinajstić information content (AvgIpc) is 2.42. The van der Waals surface area contributed by atoms with E-state index in [1.54, 1.807) is 0 Å². The average molecular weight is 241 g/mol. The van der Waals surface area contributed by atoms with Gasteiger partial charge in [0, 0.05) is 19.3 Å². The Balaban J connectivity index is 2.35. The number of nitrogens with one attached hydrogen (secondary N) is 1. The summed E-state index contributed by atoms with van der Waals surface area (Å²) < 4.78 is 0. The summed E-state index contributed by atoms with van der Waals surface area (Å²) in [5.41, 5.74) is 2.44. The van der Waals surface area contributed by atoms with Gasteiger partial charge in [-0.3, -0.25) is 0 Å². The second-order valence-corrected chi connectivity index (χ2v) is 4.21. The Bertz CT molecular complexity index is 505. The van der Waals surface area contributed by atoms with Gasteiger partial charge >= 0.3 is 0 Å². The molecule has 0 fully saturated rings. The Hall–Kier alpha value is -2.03. The summed E-state index contributed by atoms with van der Waals surface area (Å²) in [5, 5.41) is 3.07. The molecule has 1 heterocycles. The summed E-state index contributed by atoms with van der Waals surface area (Å²) in [5.74, 6) is 1.85. The fourth-order valence-corrected chi connectivity index (χ4v) is 1.91. The van der Waals surface area contributed by atoms with Crippen LogP contribution >= 0.6 is 0 Å². The molecule has 0 aliphatic heterocycles. The fraction of sp³-hybridized carbons (Fsp3) is 0.267. The molecule has 0 unspecified atom stereocenters. The van der Waals surface area contributed by atoms with E-state index < -0.39 is 0 Å². The van der Waals surface area contributed by atoms with E-state index in [1.165, 1.54) is 11.3 Å². The van der Waals surface area contributed by atoms with E-state index in [0.29, 0.717) is 0 Å². The molecule has 1 N–H and O–H groups in total. The molecule has 0 bridgehead atoms. The van der Waals surface area contributed by atoms with Crippen LogP contribution in [0.1, 0.15) is 12.5 Å². The molecule has 1 aromatic carbocycles. The maximum atomic E-state index is 4.58. The molecule has 94 valence electrons. The topological polar surface area (TPSA) is 28.2 Å². The summed E-state index contributed by atoms with van der Waals surface area (Å²) in [6.07, 6.45) is 0. The Labute approximate surface area is 108 Å². The number of anilines is 3. The van der Waals surface area contributed by atoms with E-state index >= 15 is 0 Å². The number of rotatable bonds is 4. The predicted molar refractivity (Wildman–Crippen MR) is 77.6 cm³/mol. The lowest BCUT2D eigenvalue weighted by Crippen LogP contribution is -2.17. The molecule has 2 rings (SSSR count). The van der Waals surface area contributed by atoms with Crippen molar-refractivity contribution in [1.82, 2.24) is 4.98 Å². The van der Waals surface area contributed by atoms with Crippen molar-refractivity contribution in [2.24, 2.45) is 0 Å². The van der Waals surface area contributed by atoms with Crippen molar-refractivity contribution in [2.45, 2.75) is 13.8 Å². The van der Waals surface area contributed by atoms with E-state index in [4.69, 9.17) is 0 Å². The monoisotopic (exact) mass is 241 g/mol. The largest absolute Gasteiger partial charge is 0.373 e. The van der Waals surface area contributed by atoms with E-state index in [2.05, 4.69) is 53.3 Å². The highest BCUT2D eigenvalue weighted by molar-refractivity contribution is 5.61. The zero-order valence-electron chi connectivity index (χ0n) is 11.1. The number of nitrogens with zero attached hydrogens (tertiary/aromatic N) is 2. The molecule has 18 heavy (non-hydrogen) atoms. The SMILES string of the molecule is CCN(c1ccc(C)cc1)c1cccc(NC)n1. The smallest absolute Gasteiger partial charge is 0.135 e. The molecule has 1 aromatic heterocycles. The van der Waals surface area contributed by atoms with Crippen molar-refractivity contribution in [3.05, 3.63) is 48.0 Å². The summed E-state index contributed by atoms with van der Waals surface area (Å²) >= 11 is 0. The van der Waals surface area contributed by atoms with E-state index in [0.717, 1.165) is 18.2 Å². The third kappa shape index (κ3) is 2.62. The highest BCUT2D eigenvalue weighted by atomic mass is 15.2. The second kappa shape index (κ2) is 5.54. The number of pyridine rings is 1. The Morgan fingerprint density at radius 1 is 1.11 bits per heavy atom. The van der Waals surface area contributed by atoms with Gasteiger partial charge in [-0.15, -0.1) is 0 Å². The molecule has 0 amide bonds. The third-order valence-electron chi connectivity index (χ3n) is 2.93. The van der Waals surface area contributed by atoms with Crippen LogP contribution in [0.4, 0.5) is 17.3 Å². The van der Waals surface area contributed by atoms with Crippen LogP contribution in [0.15, 0.2) is 42.5 Å². The Morgan fingerprint density at radius 2 is 1.83 bits per heavy atom. The molecule has 3 heteroatoms. The highest BCUT2D eigenvalue weighted by Gasteiger charge is 2.08. The summed E-state index contributed by atoms with van der Waals surface area (Å²) in [6, 6.07) is 14.5. The second-order valence-electron chi connectivity index (χ2n) is 4.21. The minimum absolute atomic E-state index is 0.887. The van der Waals surface area contributed by atoms with Gasteiger partial charge in [0.05, 0.1) is 0 Å². The molecule has 0 radical (unpaired) electrons. The van der Waals surface area contributed by atoms with Crippen LogP contribution in [0, 0.1) is 6.92 Å². The quantitative estimate of drug-likeness (QED) is 0.886. The summed E-state index contributed by atoms with van der Waals surface area (Å²) in [7, 11) is 1.88. The zero-order chi connectivity index (χ0) is 13.0. The van der Waals surface area contributed by atoms with Gasteiger partial charge in [0.1, 0.15) is 11.6 Å². The molecular weight excluding hydrogens is 222 g/mol. The zero-order valence-corrected chi connectivity index (χ0v) is 11.1. The van der Waals surface area contributed by atoms with E-state index in [9.17, 15) is 0 Å². The molecule has 0 saturated heterocycles. The van der Waals surface area contributed by atoms with Crippen molar-refractivity contribution < 1.29 is 0 Å². The third-order valence-corrected chi connectivity index (χ3v) is 2.93. The van der Waals surface area contributed by atoms with Crippen LogP contribution in [-0.2, 0) is 0 Å². The maximum Gasteiger partial charge on any atom is 0.135 e. The van der Waals surface area contributed by atoms with Crippen LogP contribution in [0.5, 0.6) is 0 Å². The lowest BCUT2D eigenvalue weighted by Gasteiger charge is -2.22. The van der Waals surface area contributed by atoms with Crippen molar-refractivity contribution in [1.29, 1.82) is 0 Å². The first-order valence-electron chi connectivity index (χ1n) is 6.23. The standard InChI is InChI=1S/C15H19N3/c1-4-18(13-10-8-12(2)9-11-13)15-7-5-6-14(16-3)17-15/h5-11H,4H2,1-3H3,(H,16,17). The highest BCUT2D eigenvalue weighted by Crippen LogP contribution is 2.24. The van der Waals surface area contributed by atoms with Gasteiger partial charge in [-0.25, -0.2) is 4.98 Å². The van der Waals surface area contributed by atoms with Crippen LogP contribution in [0.2, 0.25) is 0 Å². The normalized spacial score (nSPS) is 10.2. The lowest BCUT2D eigenvalue weighted by molar-refractivity contribution is 0.990. The molecule has 2 aromatic rings. The molecular formula is C15H19N3. The minimum Gasteiger partial charge on any atom is -0.373 e. The summed E-state index contributed by atoms with van der Waals surface area (Å²) in [4.78, 5) is 6.77. The van der Waals surface area contributed by atoms with Crippen molar-refractivity contribution in [3.8, 4) is 0 Å². The predicted octanol–water partition coefficient (Wildman–Crippen LogP) is 3.59. The number of aryl methyl sites for hydroxylation is 1. The number of benzene rings is 1. The molecule has 0 spiro atoms. The molecule has 0 atom stereocenters. The van der Waals surface area contributed by atoms with Gasteiger partial charge < -0.3 is 10.2 Å². The van der Waals surface area contributed by atoms with Gasteiger partial charge in [0.25, 0.3) is 0 Å². The van der Waals surface area contributed by atoms with Crippen molar-refractivity contribution in [3.63, 3.8) is 0 Å². The Kier molecular flexibility index (Phi) is 3.82. The van der Waals surface area contributed by atoms with Gasteiger partial charge in [0.2, 0.25) is 0 Å². The molecule has 0 aliphatic rings. The van der Waals surface area contributed by atoms with Gasteiger partial charge in [-0.1, -0.05) is 23.8 Å². The number of aromatic nitrogens is 1. The minimum atomic E-state index is 0.887. The number of hydrogen-bond donors (Lipinski definition) is 1. The fourth-order valence-electron chi connectivity index (χ4n) is 1.91. The van der Waals surface area contributed by atoms with Crippen LogP contribution in [0.25, 0.3) is 0 Å². The first kappa shape index (κ1) is 12.4. The first-order chi connectivity index (χ1) is 8.74. The van der Waals surface area contributed by atoms with Crippen molar-refractivity contribution in [2.75, 3.05) is 23.8 Å². The number of hydrogen-bond acceptors (Lipinski definition) is 3. The van der Waals surface area contributed by atoms with Crippen molar-refractivity contribution >= 4 is 17.3 Å². The Morgan fingerprint density at radius 3 is 2.44 bits per heavy atom. The summed E-state index contributed by atoms with van der Waals surface area (Å²) in [6.45, 7) is 5.12. The van der Waals surface area contributed by atoms with Crippen LogP contribution in [0.3, 0.4) is 0 Å². The van der Waals surface area contributed by atoms with Gasteiger partial charge in [0.15, 0.2) is 0 Å². The molecule has 0 saturated carbocycles. The lowest BCUT2D eigenvalue weighted by atomic mass is 10.2. The van der Waals surface area contributed by atoms with Crippen LogP contribution < -0.4 is 10.2 Å². The first-order valence-corrected chi connectivity index (χ1v) is 6.23. The maximum absolute atomic E-state index is 4.58. The van der Waals surface area contributed by atoms with Gasteiger partial charge in [-0.05, 0) is 38.1 Å². The molecule has 3 nitrogen and oxygen atoms in total. The van der Waals surface area contributed by atoms with Crippen LogP contribution in [-0.4, -0.2) is 18.6 Å². The van der Waals surface area contributed by atoms with E-state index in [1.807, 2.05) is 25.2 Å².